The molecule has 1 saturated heterocycles. The lowest BCUT2D eigenvalue weighted by Crippen LogP contribution is -2.54. The summed E-state index contributed by atoms with van der Waals surface area (Å²) in [5, 5.41) is 11.1. The lowest BCUT2D eigenvalue weighted by molar-refractivity contribution is -0.123. The summed E-state index contributed by atoms with van der Waals surface area (Å²) in [5.41, 5.74) is 4.37. The van der Waals surface area contributed by atoms with Crippen LogP contribution in [0, 0.1) is 13.8 Å². The van der Waals surface area contributed by atoms with Crippen molar-refractivity contribution in [3.05, 3.63) is 47.3 Å². The number of aryl methyl sites for hydroxylation is 2. The fourth-order valence-electron chi connectivity index (χ4n) is 3.93. The molecule has 2 N–H and O–H groups in total. The third kappa shape index (κ3) is 6.07. The Hall–Kier alpha value is -2.87. The summed E-state index contributed by atoms with van der Waals surface area (Å²) in [7, 11) is 1.82. The molecule has 0 unspecified atom stereocenters. The SMILES string of the molecule is CN=C(NCc1ccccc1-n1nc(C)cc1C)N1CCN(CC(=O)NC(C)C)CC1. The molecule has 1 amide bonds. The first-order valence-electron chi connectivity index (χ1n) is 11.0. The summed E-state index contributed by atoms with van der Waals surface area (Å²) in [6.07, 6.45) is 0. The molecule has 2 aromatic rings. The molecule has 0 atom stereocenters. The number of nitrogens with one attached hydrogen (secondary N) is 2. The minimum atomic E-state index is 0.0896. The summed E-state index contributed by atoms with van der Waals surface area (Å²) >= 11 is 0. The average molecular weight is 426 g/mol. The summed E-state index contributed by atoms with van der Waals surface area (Å²) in [6, 6.07) is 10.6. The van der Waals surface area contributed by atoms with Gasteiger partial charge in [0.05, 0.1) is 17.9 Å². The molecule has 8 heteroatoms. The molecule has 0 spiro atoms. The number of carbonyl (C=O) groups is 1. The molecule has 1 fully saturated rings. The fourth-order valence-corrected chi connectivity index (χ4v) is 3.93. The van der Waals surface area contributed by atoms with E-state index in [9.17, 15) is 4.79 Å². The highest BCUT2D eigenvalue weighted by atomic mass is 16.2. The van der Waals surface area contributed by atoms with Crippen molar-refractivity contribution in [2.75, 3.05) is 39.8 Å². The van der Waals surface area contributed by atoms with Crippen LogP contribution >= 0.6 is 0 Å². The highest BCUT2D eigenvalue weighted by Crippen LogP contribution is 2.17. The molecule has 0 aliphatic carbocycles. The van der Waals surface area contributed by atoms with Gasteiger partial charge in [-0.25, -0.2) is 4.68 Å². The van der Waals surface area contributed by atoms with E-state index >= 15 is 0 Å². The van der Waals surface area contributed by atoms with Crippen LogP contribution < -0.4 is 10.6 Å². The summed E-state index contributed by atoms with van der Waals surface area (Å²) in [6.45, 7) is 12.5. The number of hydrogen-bond acceptors (Lipinski definition) is 4. The van der Waals surface area contributed by atoms with E-state index in [1.165, 1.54) is 5.56 Å². The van der Waals surface area contributed by atoms with Crippen LogP contribution in [0.25, 0.3) is 5.69 Å². The molecular weight excluding hydrogens is 390 g/mol. The van der Waals surface area contributed by atoms with E-state index in [2.05, 4.69) is 61.7 Å². The van der Waals surface area contributed by atoms with Crippen LogP contribution in [0.2, 0.25) is 0 Å². The number of amides is 1. The van der Waals surface area contributed by atoms with Gasteiger partial charge in [0.1, 0.15) is 0 Å². The number of guanidine groups is 1. The number of nitrogens with zero attached hydrogens (tertiary/aromatic N) is 5. The predicted octanol–water partition coefficient (Wildman–Crippen LogP) is 1.71. The minimum absolute atomic E-state index is 0.0896. The van der Waals surface area contributed by atoms with Crippen LogP contribution in [-0.4, -0.2) is 77.3 Å². The molecule has 31 heavy (non-hydrogen) atoms. The number of carbonyl (C=O) groups excluding carboxylic acids is 1. The van der Waals surface area contributed by atoms with E-state index in [0.29, 0.717) is 13.1 Å². The second-order valence-corrected chi connectivity index (χ2v) is 8.35. The lowest BCUT2D eigenvalue weighted by Gasteiger charge is -2.36. The van der Waals surface area contributed by atoms with Crippen molar-refractivity contribution >= 4 is 11.9 Å². The van der Waals surface area contributed by atoms with Gasteiger partial charge in [0.25, 0.3) is 0 Å². The monoisotopic (exact) mass is 425 g/mol. The van der Waals surface area contributed by atoms with Crippen molar-refractivity contribution < 1.29 is 4.79 Å². The van der Waals surface area contributed by atoms with Crippen LogP contribution in [0.5, 0.6) is 0 Å². The normalized spacial score (nSPS) is 15.4. The van der Waals surface area contributed by atoms with E-state index in [-0.39, 0.29) is 11.9 Å². The van der Waals surface area contributed by atoms with Crippen LogP contribution in [0.15, 0.2) is 35.3 Å². The molecule has 1 aromatic heterocycles. The van der Waals surface area contributed by atoms with Crippen molar-refractivity contribution in [2.24, 2.45) is 4.99 Å². The Bertz CT molecular complexity index is 910. The van der Waals surface area contributed by atoms with Gasteiger partial charge in [0, 0.05) is 51.5 Å². The highest BCUT2D eigenvalue weighted by Gasteiger charge is 2.21. The summed E-state index contributed by atoms with van der Waals surface area (Å²) in [5.74, 6) is 0.973. The number of hydrogen-bond donors (Lipinski definition) is 2. The highest BCUT2D eigenvalue weighted by molar-refractivity contribution is 5.80. The molecule has 1 aromatic carbocycles. The standard InChI is InChI=1S/C23H35N7O/c1-17(2)26-22(31)16-28-10-12-29(13-11-28)23(24-5)25-15-20-8-6-7-9-21(20)30-19(4)14-18(3)27-30/h6-9,14,17H,10-13,15-16H2,1-5H3,(H,24,25)(H,26,31). The van der Waals surface area contributed by atoms with E-state index in [1.54, 1.807) is 0 Å². The second kappa shape index (κ2) is 10.4. The van der Waals surface area contributed by atoms with Gasteiger partial charge in [0.15, 0.2) is 5.96 Å². The largest absolute Gasteiger partial charge is 0.353 e. The number of benzene rings is 1. The zero-order valence-corrected chi connectivity index (χ0v) is 19.4. The van der Waals surface area contributed by atoms with Crippen molar-refractivity contribution in [3.63, 3.8) is 0 Å². The van der Waals surface area contributed by atoms with Gasteiger partial charge >= 0.3 is 0 Å². The maximum Gasteiger partial charge on any atom is 0.234 e. The number of piperazine rings is 1. The summed E-state index contributed by atoms with van der Waals surface area (Å²) in [4.78, 5) is 21.0. The molecule has 2 heterocycles. The molecule has 168 valence electrons. The molecule has 0 radical (unpaired) electrons. The van der Waals surface area contributed by atoms with Gasteiger partial charge in [-0.2, -0.15) is 5.10 Å². The fraction of sp³-hybridized carbons (Fsp3) is 0.522. The van der Waals surface area contributed by atoms with Gasteiger partial charge in [0.2, 0.25) is 5.91 Å². The van der Waals surface area contributed by atoms with Crippen molar-refractivity contribution in [1.82, 2.24) is 30.2 Å². The lowest BCUT2D eigenvalue weighted by atomic mass is 10.1. The number of aromatic nitrogens is 2. The molecule has 1 aliphatic rings. The van der Waals surface area contributed by atoms with Crippen LogP contribution in [0.1, 0.15) is 30.8 Å². The molecule has 0 saturated carbocycles. The molecule has 0 bridgehead atoms. The van der Waals surface area contributed by atoms with E-state index in [4.69, 9.17) is 0 Å². The third-order valence-electron chi connectivity index (χ3n) is 5.37. The van der Waals surface area contributed by atoms with Crippen LogP contribution in [0.4, 0.5) is 0 Å². The van der Waals surface area contributed by atoms with Gasteiger partial charge in [-0.1, -0.05) is 18.2 Å². The van der Waals surface area contributed by atoms with Gasteiger partial charge < -0.3 is 15.5 Å². The quantitative estimate of drug-likeness (QED) is 0.544. The van der Waals surface area contributed by atoms with Crippen LogP contribution in [-0.2, 0) is 11.3 Å². The van der Waals surface area contributed by atoms with Crippen molar-refractivity contribution in [3.8, 4) is 5.69 Å². The second-order valence-electron chi connectivity index (χ2n) is 8.35. The Labute approximate surface area is 185 Å². The molecule has 8 nitrogen and oxygen atoms in total. The van der Waals surface area contributed by atoms with E-state index in [1.807, 2.05) is 38.6 Å². The number of aliphatic imine (C=N–C) groups is 1. The molecule has 1 aliphatic heterocycles. The minimum Gasteiger partial charge on any atom is -0.353 e. The van der Waals surface area contributed by atoms with Gasteiger partial charge in [-0.05, 0) is 45.4 Å². The zero-order chi connectivity index (χ0) is 22.4. The Morgan fingerprint density at radius 2 is 1.87 bits per heavy atom. The Balaban J connectivity index is 1.58. The van der Waals surface area contributed by atoms with Crippen molar-refractivity contribution in [1.29, 1.82) is 0 Å². The Morgan fingerprint density at radius 1 is 1.16 bits per heavy atom. The first-order chi connectivity index (χ1) is 14.9. The first kappa shape index (κ1) is 22.8. The van der Waals surface area contributed by atoms with E-state index in [0.717, 1.165) is 49.2 Å². The Morgan fingerprint density at radius 3 is 2.48 bits per heavy atom. The third-order valence-corrected chi connectivity index (χ3v) is 5.37. The molecule has 3 rings (SSSR count). The average Bonchev–Trinajstić information content (AvgIpc) is 3.07. The maximum absolute atomic E-state index is 12.0. The maximum atomic E-state index is 12.0. The Kier molecular flexibility index (Phi) is 7.68. The van der Waals surface area contributed by atoms with E-state index < -0.39 is 0 Å². The number of para-hydroxylation sites is 1. The zero-order valence-electron chi connectivity index (χ0n) is 19.4. The van der Waals surface area contributed by atoms with Gasteiger partial charge in [-0.15, -0.1) is 0 Å². The van der Waals surface area contributed by atoms with Crippen LogP contribution in [0.3, 0.4) is 0 Å². The topological polar surface area (TPSA) is 77.8 Å². The predicted molar refractivity (Wildman–Crippen MR) is 125 cm³/mol. The first-order valence-corrected chi connectivity index (χ1v) is 11.0. The molecular formula is C23H35N7O. The smallest absolute Gasteiger partial charge is 0.234 e. The number of rotatable bonds is 6. The summed E-state index contributed by atoms with van der Waals surface area (Å²) < 4.78 is 2.00. The van der Waals surface area contributed by atoms with Gasteiger partial charge in [-0.3, -0.25) is 14.7 Å². The van der Waals surface area contributed by atoms with Crippen molar-refractivity contribution in [2.45, 2.75) is 40.3 Å².